The molecule has 2 heterocycles. The second-order valence-corrected chi connectivity index (χ2v) is 5.10. The smallest absolute Gasteiger partial charge is 0.143 e. The average molecular weight is 294 g/mol. The van der Waals surface area contributed by atoms with Gasteiger partial charge in [-0.25, -0.2) is 4.68 Å². The van der Waals surface area contributed by atoms with Gasteiger partial charge in [-0.2, -0.15) is 0 Å². The van der Waals surface area contributed by atoms with Crippen LogP contribution < -0.4 is 5.32 Å². The van der Waals surface area contributed by atoms with Crippen molar-refractivity contribution in [1.29, 1.82) is 0 Å². The van der Waals surface area contributed by atoms with Crippen LogP contribution in [0.3, 0.4) is 0 Å². The van der Waals surface area contributed by atoms with Gasteiger partial charge in [-0.15, -0.1) is 5.10 Å². The van der Waals surface area contributed by atoms with Crippen LogP contribution in [0.2, 0.25) is 0 Å². The van der Waals surface area contributed by atoms with E-state index in [1.807, 2.05) is 36.5 Å². The van der Waals surface area contributed by atoms with Crippen molar-refractivity contribution >= 4 is 0 Å². The highest BCUT2D eigenvalue weighted by Gasteiger charge is 2.07. The molecule has 0 spiro atoms. The van der Waals surface area contributed by atoms with Gasteiger partial charge in [-0.3, -0.25) is 4.98 Å². The minimum atomic E-state index is 0.250. The van der Waals surface area contributed by atoms with Gasteiger partial charge in [-0.05, 0) is 47.2 Å². The number of tetrazole rings is 1. The molecule has 2 aromatic heterocycles. The van der Waals surface area contributed by atoms with Crippen LogP contribution in [0.1, 0.15) is 24.2 Å². The van der Waals surface area contributed by atoms with Crippen molar-refractivity contribution in [3.8, 4) is 5.69 Å². The van der Waals surface area contributed by atoms with Crippen LogP contribution >= 0.6 is 0 Å². The van der Waals surface area contributed by atoms with E-state index in [0.29, 0.717) is 0 Å². The summed E-state index contributed by atoms with van der Waals surface area (Å²) in [5, 5.41) is 14.8. The highest BCUT2D eigenvalue weighted by molar-refractivity contribution is 5.35. The van der Waals surface area contributed by atoms with E-state index < -0.39 is 0 Å². The standard InChI is InChI=1S/C16H18N6/c1-13(17-10-8-15-6-2-3-9-18-15)14-5-4-7-16(11-14)22-12-19-20-21-22/h2-7,9,11-13,17H,8,10H2,1H3. The lowest BCUT2D eigenvalue weighted by molar-refractivity contribution is 0.573. The molecule has 0 aliphatic heterocycles. The first-order chi connectivity index (χ1) is 10.8. The Balaban J connectivity index is 1.60. The van der Waals surface area contributed by atoms with Gasteiger partial charge >= 0.3 is 0 Å². The van der Waals surface area contributed by atoms with Gasteiger partial charge in [0.1, 0.15) is 6.33 Å². The van der Waals surface area contributed by atoms with Crippen molar-refractivity contribution < 1.29 is 0 Å². The zero-order valence-electron chi connectivity index (χ0n) is 12.4. The molecule has 0 saturated carbocycles. The zero-order chi connectivity index (χ0) is 15.2. The van der Waals surface area contributed by atoms with Crippen LogP contribution in [0.4, 0.5) is 0 Å². The molecule has 0 radical (unpaired) electrons. The Morgan fingerprint density at radius 3 is 2.91 bits per heavy atom. The quantitative estimate of drug-likeness (QED) is 0.752. The lowest BCUT2D eigenvalue weighted by atomic mass is 10.1. The van der Waals surface area contributed by atoms with E-state index in [1.165, 1.54) is 5.56 Å². The molecule has 6 nitrogen and oxygen atoms in total. The highest BCUT2D eigenvalue weighted by Crippen LogP contribution is 2.16. The first-order valence-electron chi connectivity index (χ1n) is 7.29. The predicted molar refractivity (Wildman–Crippen MR) is 83.5 cm³/mol. The molecule has 0 amide bonds. The van der Waals surface area contributed by atoms with Crippen LogP contribution in [0, 0.1) is 0 Å². The van der Waals surface area contributed by atoms with E-state index in [-0.39, 0.29) is 6.04 Å². The summed E-state index contributed by atoms with van der Waals surface area (Å²) in [5.41, 5.74) is 3.26. The molecule has 1 unspecified atom stereocenters. The number of benzene rings is 1. The molecule has 3 rings (SSSR count). The number of nitrogens with zero attached hydrogens (tertiary/aromatic N) is 5. The Morgan fingerprint density at radius 1 is 1.18 bits per heavy atom. The Labute approximate surface area is 129 Å². The van der Waals surface area contributed by atoms with Crippen molar-refractivity contribution in [2.24, 2.45) is 0 Å². The first-order valence-corrected chi connectivity index (χ1v) is 7.29. The molecule has 0 bridgehead atoms. The van der Waals surface area contributed by atoms with Crippen LogP contribution in [-0.4, -0.2) is 31.7 Å². The molecular formula is C16H18N6. The predicted octanol–water partition coefficient (Wildman–Crippen LogP) is 1.95. The molecule has 22 heavy (non-hydrogen) atoms. The number of hydrogen-bond acceptors (Lipinski definition) is 5. The summed E-state index contributed by atoms with van der Waals surface area (Å²) in [5.74, 6) is 0. The molecule has 0 aliphatic carbocycles. The molecule has 3 aromatic rings. The molecule has 6 heteroatoms. The Bertz CT molecular complexity index is 696. The second-order valence-electron chi connectivity index (χ2n) is 5.10. The fourth-order valence-corrected chi connectivity index (χ4v) is 2.30. The maximum Gasteiger partial charge on any atom is 0.143 e. The van der Waals surface area contributed by atoms with Crippen LogP contribution in [0.5, 0.6) is 0 Å². The summed E-state index contributed by atoms with van der Waals surface area (Å²) >= 11 is 0. The minimum absolute atomic E-state index is 0.250. The summed E-state index contributed by atoms with van der Waals surface area (Å²) < 4.78 is 1.66. The van der Waals surface area contributed by atoms with E-state index in [2.05, 4.69) is 44.9 Å². The van der Waals surface area contributed by atoms with E-state index in [1.54, 1.807) is 11.0 Å². The molecular weight excluding hydrogens is 276 g/mol. The van der Waals surface area contributed by atoms with Gasteiger partial charge < -0.3 is 5.32 Å². The zero-order valence-corrected chi connectivity index (χ0v) is 12.4. The summed E-state index contributed by atoms with van der Waals surface area (Å²) in [6, 6.07) is 14.4. The number of hydrogen-bond donors (Lipinski definition) is 1. The SMILES string of the molecule is CC(NCCc1ccccn1)c1cccc(-n2cnnn2)c1. The monoisotopic (exact) mass is 294 g/mol. The summed E-state index contributed by atoms with van der Waals surface area (Å²) in [4.78, 5) is 4.33. The van der Waals surface area contributed by atoms with Gasteiger partial charge in [0.05, 0.1) is 5.69 Å². The van der Waals surface area contributed by atoms with Gasteiger partial charge in [-0.1, -0.05) is 18.2 Å². The van der Waals surface area contributed by atoms with Crippen LogP contribution in [0.15, 0.2) is 55.0 Å². The highest BCUT2D eigenvalue weighted by atomic mass is 15.5. The maximum atomic E-state index is 4.33. The van der Waals surface area contributed by atoms with Gasteiger partial charge in [0.25, 0.3) is 0 Å². The second kappa shape index (κ2) is 6.91. The fraction of sp³-hybridized carbons (Fsp3) is 0.250. The van der Waals surface area contributed by atoms with Crippen molar-refractivity contribution in [2.75, 3.05) is 6.54 Å². The van der Waals surface area contributed by atoms with Crippen molar-refractivity contribution in [1.82, 2.24) is 30.5 Å². The topological polar surface area (TPSA) is 68.5 Å². The van der Waals surface area contributed by atoms with E-state index in [0.717, 1.165) is 24.3 Å². The van der Waals surface area contributed by atoms with Crippen molar-refractivity contribution in [3.05, 3.63) is 66.2 Å². The number of pyridine rings is 1. The first kappa shape index (κ1) is 14.3. The third-order valence-electron chi connectivity index (χ3n) is 3.54. The molecule has 0 aliphatic rings. The molecule has 0 saturated heterocycles. The summed E-state index contributed by atoms with van der Waals surface area (Å²) in [7, 11) is 0. The third-order valence-corrected chi connectivity index (χ3v) is 3.54. The summed E-state index contributed by atoms with van der Waals surface area (Å²) in [6.07, 6.45) is 4.34. The van der Waals surface area contributed by atoms with Gasteiger partial charge in [0.15, 0.2) is 0 Å². The maximum absolute atomic E-state index is 4.33. The Hall–Kier alpha value is -2.60. The van der Waals surface area contributed by atoms with Gasteiger partial charge in [0.2, 0.25) is 0 Å². The molecule has 112 valence electrons. The van der Waals surface area contributed by atoms with Gasteiger partial charge in [0, 0.05) is 30.9 Å². The van der Waals surface area contributed by atoms with E-state index in [9.17, 15) is 0 Å². The lowest BCUT2D eigenvalue weighted by Gasteiger charge is -2.15. The largest absolute Gasteiger partial charge is 0.310 e. The lowest BCUT2D eigenvalue weighted by Crippen LogP contribution is -2.21. The Morgan fingerprint density at radius 2 is 2.14 bits per heavy atom. The van der Waals surface area contributed by atoms with E-state index >= 15 is 0 Å². The van der Waals surface area contributed by atoms with Crippen molar-refractivity contribution in [2.45, 2.75) is 19.4 Å². The number of rotatable bonds is 6. The van der Waals surface area contributed by atoms with Crippen LogP contribution in [-0.2, 0) is 6.42 Å². The normalized spacial score (nSPS) is 12.2. The Kier molecular flexibility index (Phi) is 4.50. The average Bonchev–Trinajstić information content (AvgIpc) is 3.10. The summed E-state index contributed by atoms with van der Waals surface area (Å²) in [6.45, 7) is 3.03. The van der Waals surface area contributed by atoms with Crippen LogP contribution in [0.25, 0.3) is 5.69 Å². The molecule has 0 fully saturated rings. The number of aromatic nitrogens is 5. The molecule has 1 aromatic carbocycles. The number of nitrogens with one attached hydrogen (secondary N) is 1. The van der Waals surface area contributed by atoms with Crippen molar-refractivity contribution in [3.63, 3.8) is 0 Å². The molecule has 1 atom stereocenters. The molecule has 1 N–H and O–H groups in total. The minimum Gasteiger partial charge on any atom is -0.310 e. The third kappa shape index (κ3) is 3.53. The fourth-order valence-electron chi connectivity index (χ4n) is 2.30. The van der Waals surface area contributed by atoms with E-state index in [4.69, 9.17) is 0 Å².